The lowest BCUT2D eigenvalue weighted by Gasteiger charge is -2.07. The number of ether oxygens (including phenoxy) is 8. The number of hydrogen-bond donors (Lipinski definition) is 0. The van der Waals surface area contributed by atoms with Crippen LogP contribution in [0.1, 0.15) is 100 Å². The molecule has 0 aromatic heterocycles. The highest BCUT2D eigenvalue weighted by Crippen LogP contribution is 2.23. The van der Waals surface area contributed by atoms with Gasteiger partial charge in [-0.15, -0.1) is 0 Å². The van der Waals surface area contributed by atoms with Crippen molar-refractivity contribution in [2.45, 2.75) is 73.9 Å². The predicted molar refractivity (Wildman–Crippen MR) is 478 cm³/mol. The van der Waals surface area contributed by atoms with Crippen molar-refractivity contribution in [2.75, 3.05) is 7.11 Å². The van der Waals surface area contributed by atoms with Gasteiger partial charge in [-0.05, 0) is 254 Å². The first-order valence-corrected chi connectivity index (χ1v) is 38.5. The van der Waals surface area contributed by atoms with Crippen molar-refractivity contribution < 1.29 is 42.8 Å². The van der Waals surface area contributed by atoms with Gasteiger partial charge in [0.1, 0.15) is 86.5 Å². The van der Waals surface area contributed by atoms with Crippen LogP contribution in [0.25, 0.3) is 6.08 Å². The van der Waals surface area contributed by atoms with Crippen LogP contribution in [-0.4, -0.2) is 12.0 Å². The van der Waals surface area contributed by atoms with Crippen LogP contribution in [-0.2, 0) is 51.0 Å². The van der Waals surface area contributed by atoms with Gasteiger partial charge in [0.05, 0.1) is 99.7 Å². The number of non-ortho nitro benzene ring substituents is 1. The molecule has 18 heteroatoms. The summed E-state index contributed by atoms with van der Waals surface area (Å²) in [5, 5.41) is 71.2. The van der Waals surface area contributed by atoms with E-state index in [0.29, 0.717) is 91.0 Å². The van der Waals surface area contributed by atoms with Gasteiger partial charge in [-0.1, -0.05) is 181 Å². The molecule has 0 N–H and O–H groups in total. The number of rotatable bonds is 26. The summed E-state index contributed by atoms with van der Waals surface area (Å²) in [7, 11) is 1.64. The zero-order valence-electron chi connectivity index (χ0n) is 68.9. The van der Waals surface area contributed by atoms with Crippen LogP contribution in [0.3, 0.4) is 0 Å². The quantitative estimate of drug-likeness (QED) is 0.0160. The van der Waals surface area contributed by atoms with Crippen molar-refractivity contribution in [2.24, 2.45) is 0 Å². The first-order valence-electron chi connectivity index (χ1n) is 38.5. The maximum Gasteiger partial charge on any atom is 0.269 e. The van der Waals surface area contributed by atoms with Crippen LogP contribution in [0, 0.1) is 117 Å². The molecule has 0 bridgehead atoms. The molecule has 0 atom stereocenters. The molecule has 0 heterocycles. The molecule has 0 aliphatic rings. The van der Waals surface area contributed by atoms with Crippen molar-refractivity contribution in [3.63, 3.8) is 0 Å². The molecule has 18 nitrogen and oxygen atoms in total. The minimum atomic E-state index is -0.439. The third kappa shape index (κ3) is 36.4. The predicted octanol–water partition coefficient (Wildman–Crippen LogP) is 24.0. The summed E-state index contributed by atoms with van der Waals surface area (Å²) in [5.74, 6) is 5.35. The largest absolute Gasteiger partial charge is 0.497 e. The Morgan fingerprint density at radius 3 is 0.748 bits per heavy atom. The fourth-order valence-electron chi connectivity index (χ4n) is 10.2. The van der Waals surface area contributed by atoms with E-state index in [4.69, 9.17) is 74.7 Å². The maximum atomic E-state index is 10.5. The lowest BCUT2D eigenvalue weighted by Crippen LogP contribution is -1.96. The van der Waals surface area contributed by atoms with E-state index in [1.165, 1.54) is 40.5 Å². The second-order valence-corrected chi connectivity index (χ2v) is 26.8. The van der Waals surface area contributed by atoms with Crippen molar-refractivity contribution in [3.8, 4) is 82.7 Å². The molecule has 0 fully saturated rings. The molecule has 13 aromatic rings. The monoisotopic (exact) mass is 1620 g/mol. The minimum Gasteiger partial charge on any atom is -0.497 e. The zero-order chi connectivity index (χ0) is 88.0. The van der Waals surface area contributed by atoms with Crippen molar-refractivity contribution >= 4 is 11.8 Å². The normalized spacial score (nSPS) is 9.82. The number of nitro groups is 1. The molecule has 0 unspecified atom stereocenters. The molecular formula is C105H90N8O10. The summed E-state index contributed by atoms with van der Waals surface area (Å²) >= 11 is 0. The Bertz CT molecular complexity index is 5540. The van der Waals surface area contributed by atoms with Crippen molar-refractivity contribution in [3.05, 3.63) is 469 Å². The molecule has 0 amide bonds. The minimum absolute atomic E-state index is 0.0575. The van der Waals surface area contributed by atoms with Crippen LogP contribution in [0.15, 0.2) is 359 Å². The Hall–Kier alpha value is -17.0. The Morgan fingerprint density at radius 1 is 0.317 bits per heavy atom. The van der Waals surface area contributed by atoms with Crippen LogP contribution in [0.5, 0.6) is 40.2 Å². The average Bonchev–Trinajstić information content (AvgIpc) is 0.897. The summed E-state index contributed by atoms with van der Waals surface area (Å²) in [6, 6.07) is 112. The summed E-state index contributed by atoms with van der Waals surface area (Å²) in [6.45, 7) is 19.0. The number of nitrogens with zero attached hydrogens (tertiary/aromatic N) is 8. The van der Waals surface area contributed by atoms with Crippen molar-refractivity contribution in [1.29, 1.82) is 36.8 Å². The van der Waals surface area contributed by atoms with E-state index >= 15 is 0 Å². The molecule has 0 aliphatic heterocycles. The van der Waals surface area contributed by atoms with E-state index in [1.807, 2.05) is 134 Å². The van der Waals surface area contributed by atoms with Gasteiger partial charge in [-0.25, -0.2) is 0 Å². The van der Waals surface area contributed by atoms with E-state index in [2.05, 4.69) is 137 Å². The van der Waals surface area contributed by atoms with Gasteiger partial charge in [0.15, 0.2) is 0 Å². The van der Waals surface area contributed by atoms with Crippen molar-refractivity contribution in [1.82, 2.24) is 0 Å². The second-order valence-electron chi connectivity index (χ2n) is 26.8. The summed E-state index contributed by atoms with van der Waals surface area (Å²) in [5.41, 5.74) is 18.0. The lowest BCUT2D eigenvalue weighted by molar-refractivity contribution is -0.384. The van der Waals surface area contributed by atoms with Gasteiger partial charge < -0.3 is 37.9 Å². The molecule has 0 saturated heterocycles. The second kappa shape index (κ2) is 53.3. The van der Waals surface area contributed by atoms with Crippen LogP contribution >= 0.6 is 0 Å². The van der Waals surface area contributed by atoms with Crippen LogP contribution < -0.4 is 33.2 Å². The Labute approximate surface area is 720 Å². The lowest BCUT2D eigenvalue weighted by atomic mass is 10.1. The first-order chi connectivity index (χ1) is 59.9. The Morgan fingerprint density at radius 2 is 0.537 bits per heavy atom. The van der Waals surface area contributed by atoms with Gasteiger partial charge in [0.2, 0.25) is 0 Å². The number of aryl methyl sites for hydroxylation is 4. The first kappa shape index (κ1) is 93.2. The van der Waals surface area contributed by atoms with Crippen LogP contribution in [0.4, 0.5) is 5.69 Å². The number of nitro benzene ring substituents is 1. The van der Waals surface area contributed by atoms with Gasteiger partial charge >= 0.3 is 0 Å². The van der Waals surface area contributed by atoms with E-state index in [0.717, 1.165) is 79.0 Å². The van der Waals surface area contributed by atoms with E-state index < -0.39 is 4.92 Å². The fourth-order valence-corrected chi connectivity index (χ4v) is 10.2. The summed E-state index contributed by atoms with van der Waals surface area (Å²) in [6.07, 6.45) is 8.23. The Kier molecular flexibility index (Phi) is 40.4. The molecule has 13 rings (SSSR count). The smallest absolute Gasteiger partial charge is 0.269 e. The highest BCUT2D eigenvalue weighted by Gasteiger charge is 2.07. The SMILES string of the molecule is C=C/C(C#N)=C\C=C\OCc1ccc(C)cc1.C=Cc1ccc(COc2ccc(C#N)cc2)cc1.COc1ccc(COc2ccc(C#N)cc2)cc1.Cc1ccc(COc2ccc(C#N)cc2)cc1.Cc1ccc(COc2ccc(C#N)cc2)cc1.Cc1ccc(COc2ccc(C#N)cc2)cc1.N#Cc1ccc(OCc2ccc([N+](=O)[O-])cc2)cc1. The molecule has 0 radical (unpaired) electrons. The third-order valence-electron chi connectivity index (χ3n) is 17.4. The number of nitriles is 7. The molecule has 0 spiro atoms. The van der Waals surface area contributed by atoms with E-state index in [-0.39, 0.29) is 5.69 Å². The molecule has 0 aliphatic carbocycles. The highest BCUT2D eigenvalue weighted by molar-refractivity contribution is 5.48. The topological polar surface area (TPSA) is 284 Å². The van der Waals surface area contributed by atoms with Gasteiger partial charge in [-0.2, -0.15) is 36.8 Å². The number of benzene rings is 13. The fraction of sp³-hybridized carbons (Fsp3) is 0.114. The number of hydrogen-bond acceptors (Lipinski definition) is 17. The van der Waals surface area contributed by atoms with E-state index in [1.54, 1.807) is 147 Å². The van der Waals surface area contributed by atoms with Gasteiger partial charge in [-0.3, -0.25) is 10.1 Å². The van der Waals surface area contributed by atoms with Gasteiger partial charge in [0, 0.05) is 12.1 Å². The maximum absolute atomic E-state index is 10.5. The molecule has 13 aromatic carbocycles. The zero-order valence-corrected chi connectivity index (χ0v) is 68.9. The summed E-state index contributed by atoms with van der Waals surface area (Å²) in [4.78, 5) is 10.1. The van der Waals surface area contributed by atoms with Crippen LogP contribution in [0.2, 0.25) is 0 Å². The van der Waals surface area contributed by atoms with Gasteiger partial charge in [0.25, 0.3) is 5.69 Å². The molecule has 610 valence electrons. The average molecular weight is 1620 g/mol. The molecule has 0 saturated carbocycles. The third-order valence-corrected chi connectivity index (χ3v) is 17.4. The van der Waals surface area contributed by atoms with E-state index in [9.17, 15) is 10.1 Å². The Balaban J connectivity index is 0.000000197. The number of methoxy groups -OCH3 is 1. The standard InChI is InChI=1S/C16H13NO.C15H13NO2.3C15H13NO.C15H15NO.C14H10N2O3/c1-2-13-3-5-15(6-4-13)12-18-16-9-7-14(11-17)8-10-16;1-17-14-6-4-13(5-7-14)11-18-15-8-2-12(10-16)3-9-15;3*1-12-2-4-14(5-3-12)11-17-15-8-6-13(10-16)7-9-15;1-3-14(11-16)5-4-10-17-12-15-8-6-13(2)7-9-15;15-9-11-3-7-14(8-4-11)19-10-12-1-5-13(6-2-12)16(17)18/h2-10H,1,12H2;2-9H,11H2,1H3;3*2-9H,11H2,1H3;3-10H,1,12H2,2H3;1-8H,10H2/b;;;;;10-4+,14-5+;. The highest BCUT2D eigenvalue weighted by atomic mass is 16.6. The molecule has 123 heavy (non-hydrogen) atoms. The summed E-state index contributed by atoms with van der Waals surface area (Å²) < 4.78 is 44.0. The molecular weight excluding hydrogens is 1530 g/mol. The number of allylic oxidation sites excluding steroid dienone is 4.